The summed E-state index contributed by atoms with van der Waals surface area (Å²) >= 11 is 6.09. The molecule has 0 bridgehead atoms. The first-order valence-electron chi connectivity index (χ1n) is 12.0. The van der Waals surface area contributed by atoms with Crippen molar-refractivity contribution in [3.63, 3.8) is 0 Å². The number of carbonyl (C=O) groups is 1. The topological polar surface area (TPSA) is 75.7 Å². The van der Waals surface area contributed by atoms with Gasteiger partial charge in [0.25, 0.3) is 0 Å². The molecule has 0 aromatic heterocycles. The number of nitrogens with one attached hydrogen (secondary N) is 1. The van der Waals surface area contributed by atoms with E-state index >= 15 is 0 Å². The van der Waals surface area contributed by atoms with Crippen molar-refractivity contribution in [3.05, 3.63) is 53.1 Å². The zero-order valence-electron chi connectivity index (χ0n) is 19.8. The molecule has 1 heterocycles. The van der Waals surface area contributed by atoms with Crippen LogP contribution in [0.5, 0.6) is 0 Å². The van der Waals surface area contributed by atoms with Crippen LogP contribution in [-0.2, 0) is 19.4 Å². The highest BCUT2D eigenvalue weighted by Crippen LogP contribution is 2.46. The van der Waals surface area contributed by atoms with Crippen LogP contribution in [-0.4, -0.2) is 45.6 Å². The Kier molecular flexibility index (Phi) is 7.73. The minimum Gasteiger partial charge on any atom is -0.469 e. The van der Waals surface area contributed by atoms with Crippen LogP contribution in [0.2, 0.25) is 5.02 Å². The third-order valence-corrected chi connectivity index (χ3v) is 8.96. The molecule has 6 nitrogen and oxygen atoms in total. The number of rotatable bonds is 9. The van der Waals surface area contributed by atoms with E-state index in [1.54, 1.807) is 0 Å². The molecule has 0 radical (unpaired) electrons. The van der Waals surface area contributed by atoms with Crippen LogP contribution in [0.25, 0.3) is 0 Å². The lowest BCUT2D eigenvalue weighted by Crippen LogP contribution is -2.41. The van der Waals surface area contributed by atoms with Gasteiger partial charge in [0, 0.05) is 23.3 Å². The van der Waals surface area contributed by atoms with Crippen molar-refractivity contribution in [2.75, 3.05) is 35.4 Å². The summed E-state index contributed by atoms with van der Waals surface area (Å²) in [4.78, 5) is 14.4. The summed E-state index contributed by atoms with van der Waals surface area (Å²) in [6.07, 6.45) is 3.89. The van der Waals surface area contributed by atoms with E-state index in [1.807, 2.05) is 24.3 Å². The summed E-state index contributed by atoms with van der Waals surface area (Å²) in [5, 5.41) is 4.23. The van der Waals surface area contributed by atoms with Gasteiger partial charge in [0.2, 0.25) is 0 Å². The van der Waals surface area contributed by atoms with Gasteiger partial charge in [0.05, 0.1) is 36.4 Å². The van der Waals surface area contributed by atoms with Crippen LogP contribution >= 0.6 is 11.6 Å². The zero-order chi connectivity index (χ0) is 24.3. The molecule has 0 amide bonds. The Hall–Kier alpha value is -2.25. The van der Waals surface area contributed by atoms with Gasteiger partial charge < -0.3 is 15.0 Å². The minimum atomic E-state index is -2.94. The lowest BCUT2D eigenvalue weighted by Gasteiger charge is -2.37. The van der Waals surface area contributed by atoms with Gasteiger partial charge in [-0.05, 0) is 86.4 Å². The maximum absolute atomic E-state index is 12.1. The third kappa shape index (κ3) is 6.05. The molecule has 1 N–H and O–H groups in total. The van der Waals surface area contributed by atoms with Gasteiger partial charge in [-0.1, -0.05) is 17.7 Å². The molecule has 1 saturated heterocycles. The Morgan fingerprint density at radius 1 is 1.12 bits per heavy atom. The first-order chi connectivity index (χ1) is 16.3. The average molecular weight is 505 g/mol. The largest absolute Gasteiger partial charge is 0.469 e. The molecular weight excluding hydrogens is 472 g/mol. The third-order valence-electron chi connectivity index (χ3n) is 6.99. The maximum Gasteiger partial charge on any atom is 0.306 e. The second kappa shape index (κ2) is 10.6. The van der Waals surface area contributed by atoms with Crippen LogP contribution < -0.4 is 10.2 Å². The Bertz CT molecular complexity index is 1100. The van der Waals surface area contributed by atoms with Gasteiger partial charge in [-0.3, -0.25) is 4.79 Å². The van der Waals surface area contributed by atoms with Gasteiger partial charge in [0.1, 0.15) is 9.84 Å². The van der Waals surface area contributed by atoms with E-state index in [2.05, 4.69) is 35.3 Å². The monoisotopic (exact) mass is 504 g/mol. The van der Waals surface area contributed by atoms with E-state index in [1.165, 1.54) is 7.11 Å². The molecule has 1 aliphatic heterocycles. The lowest BCUT2D eigenvalue weighted by molar-refractivity contribution is -0.141. The predicted octanol–water partition coefficient (Wildman–Crippen LogP) is 5.54. The van der Waals surface area contributed by atoms with Crippen molar-refractivity contribution in [2.45, 2.75) is 51.0 Å². The van der Waals surface area contributed by atoms with Crippen molar-refractivity contribution in [1.29, 1.82) is 0 Å². The summed E-state index contributed by atoms with van der Waals surface area (Å²) in [5.74, 6) is 0.901. The summed E-state index contributed by atoms with van der Waals surface area (Å²) in [5.41, 5.74) is 4.03. The van der Waals surface area contributed by atoms with E-state index in [9.17, 15) is 13.2 Å². The molecule has 2 aromatic carbocycles. The Balaban J connectivity index is 1.69. The number of halogens is 1. The Morgan fingerprint density at radius 3 is 2.38 bits per heavy atom. The number of hydrogen-bond acceptors (Lipinski definition) is 6. The lowest BCUT2D eigenvalue weighted by atomic mass is 9.90. The zero-order valence-corrected chi connectivity index (χ0v) is 21.4. The molecule has 0 spiro atoms. The van der Waals surface area contributed by atoms with Gasteiger partial charge in [-0.15, -0.1) is 0 Å². The Labute approximate surface area is 207 Å². The van der Waals surface area contributed by atoms with Crippen molar-refractivity contribution in [2.24, 2.45) is 5.92 Å². The van der Waals surface area contributed by atoms with Crippen LogP contribution in [0, 0.1) is 5.92 Å². The van der Waals surface area contributed by atoms with E-state index in [0.717, 1.165) is 42.0 Å². The van der Waals surface area contributed by atoms with Crippen LogP contribution in [0.15, 0.2) is 42.5 Å². The van der Waals surface area contributed by atoms with Crippen molar-refractivity contribution >= 4 is 44.5 Å². The number of nitrogens with zero attached hydrogens (tertiary/aromatic N) is 1. The first kappa shape index (κ1) is 24.9. The number of esters is 1. The summed E-state index contributed by atoms with van der Waals surface area (Å²) in [6.45, 7) is 2.88. The maximum atomic E-state index is 12.1. The fourth-order valence-electron chi connectivity index (χ4n) is 4.96. The summed E-state index contributed by atoms with van der Waals surface area (Å²) in [6, 6.07) is 14.1. The molecule has 2 fully saturated rings. The number of anilines is 3. The highest BCUT2D eigenvalue weighted by atomic mass is 35.5. The van der Waals surface area contributed by atoms with Gasteiger partial charge >= 0.3 is 5.97 Å². The normalized spacial score (nSPS) is 18.8. The van der Waals surface area contributed by atoms with Crippen LogP contribution in [0.3, 0.4) is 0 Å². The number of hydrogen-bond donors (Lipinski definition) is 1. The quantitative estimate of drug-likeness (QED) is 0.451. The molecule has 2 aliphatic rings. The molecular formula is C26H33ClN2O4S. The fraction of sp³-hybridized carbons (Fsp3) is 0.500. The number of benzene rings is 2. The second-order valence-electron chi connectivity index (χ2n) is 9.30. The van der Waals surface area contributed by atoms with Crippen molar-refractivity contribution in [3.8, 4) is 0 Å². The van der Waals surface area contributed by atoms with E-state index < -0.39 is 9.84 Å². The number of sulfone groups is 1. The SMILES string of the molecule is CCN(c1ccc(C(CC(=O)OC)C2CC2)cc1Nc1ccc(Cl)cc1)C1CCS(=O)(=O)CC1. The molecule has 4 rings (SSSR count). The molecule has 1 saturated carbocycles. The number of carbonyl (C=O) groups excluding carboxylic acids is 1. The summed E-state index contributed by atoms with van der Waals surface area (Å²) < 4.78 is 29.0. The number of methoxy groups -OCH3 is 1. The first-order valence-corrected chi connectivity index (χ1v) is 14.2. The molecule has 1 atom stereocenters. The van der Waals surface area contributed by atoms with Gasteiger partial charge in [-0.25, -0.2) is 8.42 Å². The second-order valence-corrected chi connectivity index (χ2v) is 12.0. The van der Waals surface area contributed by atoms with Gasteiger partial charge in [-0.2, -0.15) is 0 Å². The van der Waals surface area contributed by atoms with Crippen LogP contribution in [0.4, 0.5) is 17.1 Å². The van der Waals surface area contributed by atoms with Crippen molar-refractivity contribution < 1.29 is 17.9 Å². The predicted molar refractivity (Wildman–Crippen MR) is 138 cm³/mol. The molecule has 1 unspecified atom stereocenters. The van der Waals surface area contributed by atoms with E-state index in [0.29, 0.717) is 30.2 Å². The average Bonchev–Trinajstić information content (AvgIpc) is 3.66. The summed E-state index contributed by atoms with van der Waals surface area (Å²) in [7, 11) is -1.50. The minimum absolute atomic E-state index is 0.127. The highest BCUT2D eigenvalue weighted by molar-refractivity contribution is 7.91. The smallest absolute Gasteiger partial charge is 0.306 e. The van der Waals surface area contributed by atoms with E-state index in [-0.39, 0.29) is 29.4 Å². The van der Waals surface area contributed by atoms with Crippen LogP contribution in [0.1, 0.15) is 50.5 Å². The van der Waals surface area contributed by atoms with Gasteiger partial charge in [0.15, 0.2) is 0 Å². The number of ether oxygens (including phenoxy) is 1. The standard InChI is InChI=1S/C26H33ClN2O4S/c1-3-29(22-12-14-34(31,32)15-13-22)25-11-6-19(23(18-4-5-18)17-26(30)33-2)16-24(25)28-21-9-7-20(27)8-10-21/h6-11,16,18,22-23,28H,3-5,12-15,17H2,1-2H3. The van der Waals surface area contributed by atoms with E-state index in [4.69, 9.17) is 16.3 Å². The molecule has 34 heavy (non-hydrogen) atoms. The highest BCUT2D eigenvalue weighted by Gasteiger charge is 2.35. The molecule has 184 valence electrons. The molecule has 1 aliphatic carbocycles. The molecule has 2 aromatic rings. The fourth-order valence-corrected chi connectivity index (χ4v) is 6.55. The molecule has 8 heteroatoms. The Morgan fingerprint density at radius 2 is 1.79 bits per heavy atom. The van der Waals surface area contributed by atoms with Crippen molar-refractivity contribution in [1.82, 2.24) is 0 Å².